The minimum Gasteiger partial charge on any atom is -0.488 e. The smallest absolute Gasteiger partial charge is 0.416 e. The monoisotopic (exact) mass is 518 g/mol. The molecule has 192 valence electrons. The van der Waals surface area contributed by atoms with Crippen LogP contribution in [0, 0.1) is 0 Å². The van der Waals surface area contributed by atoms with Gasteiger partial charge in [0, 0.05) is 30.8 Å². The van der Waals surface area contributed by atoms with Gasteiger partial charge in [0.15, 0.2) is 0 Å². The van der Waals surface area contributed by atoms with Crippen molar-refractivity contribution in [3.63, 3.8) is 0 Å². The van der Waals surface area contributed by atoms with Gasteiger partial charge >= 0.3 is 6.18 Å². The molecule has 1 amide bonds. The molecule has 0 radical (unpaired) electrons. The lowest BCUT2D eigenvalue weighted by Crippen LogP contribution is -2.33. The maximum atomic E-state index is 13.6. The second-order valence-electron chi connectivity index (χ2n) is 9.47. The number of alkyl halides is 3. The fourth-order valence-corrected chi connectivity index (χ4v) is 3.91. The zero-order chi connectivity index (χ0) is 26.5. The van der Waals surface area contributed by atoms with E-state index in [1.54, 1.807) is 36.2 Å². The zero-order valence-electron chi connectivity index (χ0n) is 20.7. The first-order valence-corrected chi connectivity index (χ1v) is 11.9. The Balaban J connectivity index is 1.87. The minimum atomic E-state index is -4.43. The molecule has 3 rings (SSSR count). The standard InChI is InChI=1S/C28H30ClF3N2O2/c1-27(2,3)36-23-11-8-20(9-12-23)18-34(26(35)24-17-22(29)10-13-25(24)33-4)15-14-19-6-5-7-21(16-19)28(30,31)32/h5-13,16-17,33H,14-15,18H2,1-4H3. The Morgan fingerprint density at radius 1 is 0.972 bits per heavy atom. The fourth-order valence-electron chi connectivity index (χ4n) is 3.74. The van der Waals surface area contributed by atoms with Crippen molar-refractivity contribution in [2.45, 2.75) is 45.5 Å². The number of ether oxygens (including phenoxy) is 1. The molecular weight excluding hydrogens is 489 g/mol. The number of amides is 1. The SMILES string of the molecule is CNc1ccc(Cl)cc1C(=O)N(CCc1cccc(C(F)(F)F)c1)Cc1ccc(OC(C)(C)C)cc1. The summed E-state index contributed by atoms with van der Waals surface area (Å²) in [6.07, 6.45) is -4.17. The van der Waals surface area contributed by atoms with Crippen LogP contribution in [0.4, 0.5) is 18.9 Å². The molecule has 0 aromatic heterocycles. The van der Waals surface area contributed by atoms with E-state index in [1.165, 1.54) is 6.07 Å². The Labute approximate surface area is 215 Å². The average Bonchev–Trinajstić information content (AvgIpc) is 2.81. The summed E-state index contributed by atoms with van der Waals surface area (Å²) in [6, 6.07) is 17.6. The number of nitrogens with one attached hydrogen (secondary N) is 1. The van der Waals surface area contributed by atoms with Crippen LogP contribution in [0.25, 0.3) is 0 Å². The molecule has 0 aliphatic rings. The van der Waals surface area contributed by atoms with Gasteiger partial charge in [-0.05, 0) is 74.7 Å². The molecule has 3 aromatic carbocycles. The number of carbonyl (C=O) groups excluding carboxylic acids is 1. The number of hydrogen-bond acceptors (Lipinski definition) is 3. The number of rotatable bonds is 8. The third kappa shape index (κ3) is 7.65. The maximum Gasteiger partial charge on any atom is 0.416 e. The van der Waals surface area contributed by atoms with Crippen LogP contribution in [0.1, 0.15) is 47.8 Å². The topological polar surface area (TPSA) is 41.6 Å². The highest BCUT2D eigenvalue weighted by atomic mass is 35.5. The summed E-state index contributed by atoms with van der Waals surface area (Å²) >= 11 is 6.17. The van der Waals surface area contributed by atoms with Gasteiger partial charge < -0.3 is 15.0 Å². The highest BCUT2D eigenvalue weighted by Crippen LogP contribution is 2.30. The molecule has 1 N–H and O–H groups in total. The third-order valence-corrected chi connectivity index (χ3v) is 5.65. The van der Waals surface area contributed by atoms with Crippen molar-refractivity contribution in [1.82, 2.24) is 4.90 Å². The van der Waals surface area contributed by atoms with Crippen LogP contribution >= 0.6 is 11.6 Å². The predicted octanol–water partition coefficient (Wildman–Crippen LogP) is 7.46. The summed E-state index contributed by atoms with van der Waals surface area (Å²) in [5, 5.41) is 3.42. The number of carbonyl (C=O) groups is 1. The van der Waals surface area contributed by atoms with Gasteiger partial charge in [-0.1, -0.05) is 41.9 Å². The molecule has 0 atom stereocenters. The normalized spacial score (nSPS) is 11.8. The van der Waals surface area contributed by atoms with Gasteiger partial charge in [0.2, 0.25) is 0 Å². The van der Waals surface area contributed by atoms with Crippen LogP contribution in [0.5, 0.6) is 5.75 Å². The van der Waals surface area contributed by atoms with Crippen molar-refractivity contribution in [2.24, 2.45) is 0 Å². The van der Waals surface area contributed by atoms with Crippen molar-refractivity contribution in [3.8, 4) is 5.75 Å². The molecule has 0 saturated heterocycles. The molecule has 0 bridgehead atoms. The predicted molar refractivity (Wildman–Crippen MR) is 138 cm³/mol. The highest BCUT2D eigenvalue weighted by molar-refractivity contribution is 6.31. The molecule has 0 spiro atoms. The van der Waals surface area contributed by atoms with Crippen molar-refractivity contribution >= 4 is 23.2 Å². The number of benzene rings is 3. The Morgan fingerprint density at radius 3 is 2.28 bits per heavy atom. The lowest BCUT2D eigenvalue weighted by Gasteiger charge is -2.25. The van der Waals surface area contributed by atoms with Crippen LogP contribution in [0.15, 0.2) is 66.7 Å². The summed E-state index contributed by atoms with van der Waals surface area (Å²) in [5.41, 5.74) is 1.31. The number of hydrogen-bond donors (Lipinski definition) is 1. The van der Waals surface area contributed by atoms with Gasteiger partial charge in [-0.3, -0.25) is 4.79 Å². The molecule has 8 heteroatoms. The zero-order valence-corrected chi connectivity index (χ0v) is 21.5. The number of halogens is 4. The molecule has 36 heavy (non-hydrogen) atoms. The maximum absolute atomic E-state index is 13.6. The lowest BCUT2D eigenvalue weighted by molar-refractivity contribution is -0.137. The fraction of sp³-hybridized carbons (Fsp3) is 0.321. The van der Waals surface area contributed by atoms with Gasteiger partial charge in [-0.2, -0.15) is 13.2 Å². The number of nitrogens with zero attached hydrogens (tertiary/aromatic N) is 1. The van der Waals surface area contributed by atoms with Crippen LogP contribution < -0.4 is 10.1 Å². The Kier molecular flexibility index (Phi) is 8.56. The second-order valence-corrected chi connectivity index (χ2v) is 9.91. The van der Waals surface area contributed by atoms with Crippen molar-refractivity contribution in [1.29, 1.82) is 0 Å². The van der Waals surface area contributed by atoms with Gasteiger partial charge in [0.05, 0.1) is 11.1 Å². The largest absolute Gasteiger partial charge is 0.488 e. The molecule has 3 aromatic rings. The first-order chi connectivity index (χ1) is 16.9. The molecule has 0 saturated carbocycles. The van der Waals surface area contributed by atoms with Crippen molar-refractivity contribution in [2.75, 3.05) is 18.9 Å². The van der Waals surface area contributed by atoms with E-state index in [-0.39, 0.29) is 31.0 Å². The van der Waals surface area contributed by atoms with Gasteiger partial charge in [0.25, 0.3) is 5.91 Å². The molecule has 0 heterocycles. The second kappa shape index (κ2) is 11.2. The van der Waals surface area contributed by atoms with E-state index < -0.39 is 11.7 Å². The van der Waals surface area contributed by atoms with E-state index in [2.05, 4.69) is 5.32 Å². The number of anilines is 1. The van der Waals surface area contributed by atoms with Crippen LogP contribution in [-0.4, -0.2) is 30.0 Å². The Morgan fingerprint density at radius 2 is 1.67 bits per heavy atom. The van der Waals surface area contributed by atoms with E-state index in [1.807, 2.05) is 45.0 Å². The molecule has 4 nitrogen and oxygen atoms in total. The molecule has 0 aliphatic heterocycles. The van der Waals surface area contributed by atoms with Crippen molar-refractivity contribution in [3.05, 3.63) is 94.0 Å². The summed E-state index contributed by atoms with van der Waals surface area (Å²) in [4.78, 5) is 15.2. The minimum absolute atomic E-state index is 0.218. The van der Waals surface area contributed by atoms with Crippen LogP contribution in [0.2, 0.25) is 5.02 Å². The van der Waals surface area contributed by atoms with Crippen LogP contribution in [0.3, 0.4) is 0 Å². The quantitative estimate of drug-likeness (QED) is 0.336. The molecular formula is C28H30ClF3N2O2. The molecule has 0 unspecified atom stereocenters. The Hall–Kier alpha value is -3.19. The first kappa shape index (κ1) is 27.4. The van der Waals surface area contributed by atoms with E-state index in [0.29, 0.717) is 27.6 Å². The van der Waals surface area contributed by atoms with Gasteiger partial charge in [-0.25, -0.2) is 0 Å². The first-order valence-electron chi connectivity index (χ1n) is 11.6. The summed E-state index contributed by atoms with van der Waals surface area (Å²) in [5.74, 6) is 0.434. The Bertz CT molecular complexity index is 1190. The molecule has 0 aliphatic carbocycles. The van der Waals surface area contributed by atoms with Crippen molar-refractivity contribution < 1.29 is 22.7 Å². The van der Waals surface area contributed by atoms with E-state index in [0.717, 1.165) is 17.7 Å². The lowest BCUT2D eigenvalue weighted by atomic mass is 10.1. The summed E-state index contributed by atoms with van der Waals surface area (Å²) < 4.78 is 45.4. The van der Waals surface area contributed by atoms with E-state index in [9.17, 15) is 18.0 Å². The van der Waals surface area contributed by atoms with E-state index >= 15 is 0 Å². The van der Waals surface area contributed by atoms with E-state index in [4.69, 9.17) is 16.3 Å². The summed E-state index contributed by atoms with van der Waals surface area (Å²) in [6.45, 7) is 6.36. The third-order valence-electron chi connectivity index (χ3n) is 5.41. The van der Waals surface area contributed by atoms with Gasteiger partial charge in [0.1, 0.15) is 11.4 Å². The average molecular weight is 519 g/mol. The highest BCUT2D eigenvalue weighted by Gasteiger charge is 2.30. The summed E-state index contributed by atoms with van der Waals surface area (Å²) in [7, 11) is 1.71. The van der Waals surface area contributed by atoms with Crippen LogP contribution in [-0.2, 0) is 19.1 Å². The molecule has 0 fully saturated rings. The van der Waals surface area contributed by atoms with Gasteiger partial charge in [-0.15, -0.1) is 0 Å².